The molecule has 2 aromatic rings. The lowest BCUT2D eigenvalue weighted by atomic mass is 10.2. The van der Waals surface area contributed by atoms with Gasteiger partial charge in [-0.05, 0) is 24.3 Å². The van der Waals surface area contributed by atoms with Gasteiger partial charge in [0.15, 0.2) is 21.3 Å². The Kier molecular flexibility index (Phi) is 7.42. The first-order valence-electron chi connectivity index (χ1n) is 8.87. The number of nitrogens with one attached hydrogen (secondary N) is 2. The van der Waals surface area contributed by atoms with Crippen molar-refractivity contribution >= 4 is 21.4 Å². The lowest BCUT2D eigenvalue weighted by molar-refractivity contribution is 0.102. The number of ether oxygens (including phenoxy) is 2. The first kappa shape index (κ1) is 21.7. The fourth-order valence-electron chi connectivity index (χ4n) is 2.55. The van der Waals surface area contributed by atoms with E-state index in [1.54, 1.807) is 30.3 Å². The normalized spacial score (nSPS) is 11.3. The highest BCUT2D eigenvalue weighted by Crippen LogP contribution is 2.30. The molecule has 2 rings (SSSR count). The van der Waals surface area contributed by atoms with Crippen LogP contribution in [0.3, 0.4) is 0 Å². The molecule has 0 spiro atoms. The van der Waals surface area contributed by atoms with Gasteiger partial charge in [0.2, 0.25) is 0 Å². The van der Waals surface area contributed by atoms with Gasteiger partial charge in [0.25, 0.3) is 5.91 Å². The largest absolute Gasteiger partial charge is 0.493 e. The number of benzene rings is 2. The molecule has 2 N–H and O–H groups in total. The van der Waals surface area contributed by atoms with E-state index in [0.29, 0.717) is 36.4 Å². The summed E-state index contributed by atoms with van der Waals surface area (Å²) in [5, 5.41) is 5.96. The molecule has 0 heterocycles. The second kappa shape index (κ2) is 9.57. The first-order valence-corrected chi connectivity index (χ1v) is 10.8. The van der Waals surface area contributed by atoms with E-state index in [2.05, 4.69) is 24.5 Å². The van der Waals surface area contributed by atoms with Gasteiger partial charge in [-0.1, -0.05) is 26.0 Å². The fraction of sp³-hybridized carbons (Fsp3) is 0.350. The Balaban J connectivity index is 2.14. The van der Waals surface area contributed by atoms with Crippen molar-refractivity contribution in [1.29, 1.82) is 0 Å². The van der Waals surface area contributed by atoms with Crippen LogP contribution in [-0.4, -0.2) is 46.9 Å². The quantitative estimate of drug-likeness (QED) is 0.622. The summed E-state index contributed by atoms with van der Waals surface area (Å²) in [6, 6.07) is 11.5. The monoisotopic (exact) mass is 406 g/mol. The van der Waals surface area contributed by atoms with Gasteiger partial charge >= 0.3 is 0 Å². The molecular formula is C20H26N2O5S. The van der Waals surface area contributed by atoms with E-state index < -0.39 is 15.7 Å². The molecule has 7 nitrogen and oxygen atoms in total. The van der Waals surface area contributed by atoms with E-state index in [0.717, 1.165) is 6.26 Å². The lowest BCUT2D eigenvalue weighted by Crippen LogP contribution is -2.27. The zero-order valence-corrected chi connectivity index (χ0v) is 17.3. The average molecular weight is 407 g/mol. The van der Waals surface area contributed by atoms with Crippen LogP contribution in [0.1, 0.15) is 24.2 Å². The molecule has 0 saturated heterocycles. The minimum Gasteiger partial charge on any atom is -0.493 e. The van der Waals surface area contributed by atoms with Crippen LogP contribution in [0.25, 0.3) is 0 Å². The molecule has 0 aliphatic carbocycles. The molecule has 0 atom stereocenters. The van der Waals surface area contributed by atoms with Crippen LogP contribution in [0, 0.1) is 0 Å². The Hall–Kier alpha value is -2.58. The number of methoxy groups -OCH3 is 1. The summed E-state index contributed by atoms with van der Waals surface area (Å²) in [4.78, 5) is 12.6. The zero-order chi connectivity index (χ0) is 20.7. The Morgan fingerprint density at radius 2 is 1.82 bits per heavy atom. The second-order valence-electron chi connectivity index (χ2n) is 6.55. The van der Waals surface area contributed by atoms with Crippen molar-refractivity contribution in [3.63, 3.8) is 0 Å². The SMILES string of the molecule is COc1cc(NC(=O)c2ccccc2S(C)(=O)=O)ccc1OCCNC(C)C. The molecule has 0 saturated carbocycles. The van der Waals surface area contributed by atoms with E-state index in [1.807, 2.05) is 0 Å². The van der Waals surface area contributed by atoms with Gasteiger partial charge in [-0.3, -0.25) is 4.79 Å². The van der Waals surface area contributed by atoms with E-state index in [4.69, 9.17) is 9.47 Å². The van der Waals surface area contributed by atoms with Crippen LogP contribution in [0.15, 0.2) is 47.4 Å². The maximum atomic E-state index is 12.6. The minimum absolute atomic E-state index is 0.0166. The molecule has 2 aromatic carbocycles. The summed E-state index contributed by atoms with van der Waals surface area (Å²) in [5.74, 6) is 0.513. The fourth-order valence-corrected chi connectivity index (χ4v) is 3.44. The smallest absolute Gasteiger partial charge is 0.256 e. The second-order valence-corrected chi connectivity index (χ2v) is 8.53. The summed E-state index contributed by atoms with van der Waals surface area (Å²) in [6.45, 7) is 5.28. The van der Waals surface area contributed by atoms with Gasteiger partial charge in [0.05, 0.1) is 17.6 Å². The Labute approximate surface area is 166 Å². The third kappa shape index (κ3) is 5.97. The van der Waals surface area contributed by atoms with Crippen molar-refractivity contribution in [3.05, 3.63) is 48.0 Å². The molecule has 1 amide bonds. The molecule has 0 radical (unpaired) electrons. The highest BCUT2D eigenvalue weighted by Gasteiger charge is 2.18. The van der Waals surface area contributed by atoms with Crippen molar-refractivity contribution in [3.8, 4) is 11.5 Å². The summed E-state index contributed by atoms with van der Waals surface area (Å²) in [5.41, 5.74) is 0.557. The minimum atomic E-state index is -3.52. The third-order valence-corrected chi connectivity index (χ3v) is 5.02. The van der Waals surface area contributed by atoms with Crippen molar-refractivity contribution in [2.75, 3.05) is 31.8 Å². The first-order chi connectivity index (χ1) is 13.2. The van der Waals surface area contributed by atoms with Gasteiger partial charge in [-0.25, -0.2) is 8.42 Å². The number of carbonyl (C=O) groups is 1. The van der Waals surface area contributed by atoms with Crippen LogP contribution < -0.4 is 20.1 Å². The Bertz CT molecular complexity index is 926. The average Bonchev–Trinajstić information content (AvgIpc) is 2.65. The van der Waals surface area contributed by atoms with Crippen molar-refractivity contribution in [2.24, 2.45) is 0 Å². The number of hydrogen-bond acceptors (Lipinski definition) is 6. The molecule has 0 aromatic heterocycles. The van der Waals surface area contributed by atoms with Crippen LogP contribution in [0.2, 0.25) is 0 Å². The Morgan fingerprint density at radius 3 is 2.46 bits per heavy atom. The van der Waals surface area contributed by atoms with Crippen LogP contribution in [0.4, 0.5) is 5.69 Å². The number of anilines is 1. The molecular weight excluding hydrogens is 380 g/mol. The lowest BCUT2D eigenvalue weighted by Gasteiger charge is -2.14. The standard InChI is InChI=1S/C20H26N2O5S/c1-14(2)21-11-12-27-17-10-9-15(13-18(17)26-3)22-20(23)16-7-5-6-8-19(16)28(4,24)25/h5-10,13-14,21H,11-12H2,1-4H3,(H,22,23). The molecule has 0 fully saturated rings. The molecule has 0 aliphatic heterocycles. The molecule has 152 valence electrons. The van der Waals surface area contributed by atoms with Crippen LogP contribution >= 0.6 is 0 Å². The summed E-state index contributed by atoms with van der Waals surface area (Å²) in [6.07, 6.45) is 1.07. The van der Waals surface area contributed by atoms with E-state index in [-0.39, 0.29) is 10.5 Å². The third-order valence-electron chi connectivity index (χ3n) is 3.86. The predicted octanol–water partition coefficient (Wildman–Crippen LogP) is 2.73. The van der Waals surface area contributed by atoms with E-state index >= 15 is 0 Å². The zero-order valence-electron chi connectivity index (χ0n) is 16.5. The maximum Gasteiger partial charge on any atom is 0.256 e. The number of amides is 1. The topological polar surface area (TPSA) is 93.7 Å². The van der Waals surface area contributed by atoms with Crippen LogP contribution in [-0.2, 0) is 9.84 Å². The van der Waals surface area contributed by atoms with E-state index in [1.165, 1.54) is 19.2 Å². The maximum absolute atomic E-state index is 12.6. The molecule has 8 heteroatoms. The number of rotatable bonds is 9. The number of hydrogen-bond donors (Lipinski definition) is 2. The van der Waals surface area contributed by atoms with E-state index in [9.17, 15) is 13.2 Å². The van der Waals surface area contributed by atoms with Gasteiger partial charge in [-0.15, -0.1) is 0 Å². The van der Waals surface area contributed by atoms with Crippen molar-refractivity contribution in [1.82, 2.24) is 5.32 Å². The molecule has 0 bridgehead atoms. The van der Waals surface area contributed by atoms with Crippen molar-refractivity contribution < 1.29 is 22.7 Å². The van der Waals surface area contributed by atoms with Gasteiger partial charge in [0.1, 0.15) is 6.61 Å². The highest BCUT2D eigenvalue weighted by molar-refractivity contribution is 7.90. The summed E-state index contributed by atoms with van der Waals surface area (Å²) < 4.78 is 34.8. The van der Waals surface area contributed by atoms with Gasteiger partial charge in [-0.2, -0.15) is 0 Å². The van der Waals surface area contributed by atoms with Crippen LogP contribution in [0.5, 0.6) is 11.5 Å². The molecule has 28 heavy (non-hydrogen) atoms. The summed E-state index contributed by atoms with van der Waals surface area (Å²) in [7, 11) is -2.01. The molecule has 0 unspecified atom stereocenters. The number of sulfone groups is 1. The van der Waals surface area contributed by atoms with Gasteiger partial charge in [0, 0.05) is 30.6 Å². The highest BCUT2D eigenvalue weighted by atomic mass is 32.2. The summed E-state index contributed by atoms with van der Waals surface area (Å²) >= 11 is 0. The predicted molar refractivity (Wildman–Crippen MR) is 109 cm³/mol. The Morgan fingerprint density at radius 1 is 1.11 bits per heavy atom. The van der Waals surface area contributed by atoms with Gasteiger partial charge < -0.3 is 20.1 Å². The number of carbonyl (C=O) groups excluding carboxylic acids is 1. The molecule has 0 aliphatic rings. The van der Waals surface area contributed by atoms with Crippen molar-refractivity contribution in [2.45, 2.75) is 24.8 Å².